The van der Waals surface area contributed by atoms with E-state index in [0.717, 1.165) is 17.1 Å². The molecule has 2 atom stereocenters. The second-order valence-corrected chi connectivity index (χ2v) is 13.2. The number of amides is 1. The number of carbonyl (C=O) groups excluding carboxylic acids is 1. The first-order chi connectivity index (χ1) is 12.8. The van der Waals surface area contributed by atoms with Crippen molar-refractivity contribution in [3.8, 4) is 0 Å². The predicted molar refractivity (Wildman–Crippen MR) is 119 cm³/mol. The number of nitrogens with zero attached hydrogens (tertiary/aromatic N) is 4. The number of carbonyl (C=O) groups is 1. The molecule has 3 rings (SSSR count). The Bertz CT molecular complexity index is 747. The summed E-state index contributed by atoms with van der Waals surface area (Å²) in [5.74, 6) is 0. The van der Waals surface area contributed by atoms with Gasteiger partial charge in [-0.3, -0.25) is 0 Å². The fourth-order valence-electron chi connectivity index (χ4n) is 3.49. The van der Waals surface area contributed by atoms with Crippen LogP contribution in [0.5, 0.6) is 0 Å². The number of fused-ring (bicyclic) bond motifs is 1. The molecule has 1 spiro atoms. The van der Waals surface area contributed by atoms with Gasteiger partial charge in [0.05, 0.1) is 5.71 Å². The number of hydrogen-bond donors (Lipinski definition) is 1. The summed E-state index contributed by atoms with van der Waals surface area (Å²) in [5, 5.41) is 0. The molecule has 28 heavy (non-hydrogen) atoms. The monoisotopic (exact) mass is 448 g/mol. The van der Waals surface area contributed by atoms with Gasteiger partial charge in [-0.2, -0.15) is 0 Å². The van der Waals surface area contributed by atoms with Gasteiger partial charge in [0.15, 0.2) is 0 Å². The van der Waals surface area contributed by atoms with E-state index in [1.54, 1.807) is 4.90 Å². The van der Waals surface area contributed by atoms with Crippen molar-refractivity contribution in [3.05, 3.63) is 0 Å². The van der Waals surface area contributed by atoms with Crippen molar-refractivity contribution in [1.29, 1.82) is 0 Å². The molecule has 2 fully saturated rings. The van der Waals surface area contributed by atoms with E-state index < -0.39 is 32.2 Å². The lowest BCUT2D eigenvalue weighted by Crippen LogP contribution is -2.47. The van der Waals surface area contributed by atoms with Gasteiger partial charge < -0.3 is 14.2 Å². The van der Waals surface area contributed by atoms with Crippen molar-refractivity contribution < 1.29 is 14.1 Å². The molecule has 2 heterocycles. The van der Waals surface area contributed by atoms with E-state index in [1.165, 1.54) is 0 Å². The van der Waals surface area contributed by atoms with Crippen LogP contribution in [0.2, 0.25) is 0 Å². The molecule has 1 aliphatic carbocycles. The third-order valence-electron chi connectivity index (χ3n) is 4.96. The summed E-state index contributed by atoms with van der Waals surface area (Å²) in [5.41, 5.74) is 1.55. The first-order valence-electron chi connectivity index (χ1n) is 9.43. The van der Waals surface area contributed by atoms with Gasteiger partial charge in [-0.25, -0.2) is 13.6 Å². The summed E-state index contributed by atoms with van der Waals surface area (Å²) >= 11 is -1.40. The van der Waals surface area contributed by atoms with E-state index in [4.69, 9.17) is 15.4 Å². The van der Waals surface area contributed by atoms with Gasteiger partial charge in [-0.1, -0.05) is 4.40 Å². The average molecular weight is 449 g/mol. The van der Waals surface area contributed by atoms with Crippen LogP contribution in [0.4, 0.5) is 4.79 Å². The van der Waals surface area contributed by atoms with Crippen molar-refractivity contribution in [3.63, 3.8) is 0 Å². The number of likely N-dealkylation sites (tertiary alicyclic amines) is 1. The molecule has 1 saturated heterocycles. The van der Waals surface area contributed by atoms with E-state index in [2.05, 4.69) is 13.2 Å². The van der Waals surface area contributed by atoms with Crippen LogP contribution in [0.1, 0.15) is 60.8 Å². The van der Waals surface area contributed by atoms with Crippen LogP contribution in [0.3, 0.4) is 0 Å². The number of hydrogen-bond acceptors (Lipinski definition) is 6. The maximum absolute atomic E-state index is 12.8. The zero-order valence-electron chi connectivity index (χ0n) is 17.3. The van der Waals surface area contributed by atoms with Gasteiger partial charge in [0.2, 0.25) is 0 Å². The average Bonchev–Trinajstić information content (AvgIpc) is 3.00. The Balaban J connectivity index is 1.83. The molecule has 0 N–H and O–H groups in total. The Morgan fingerprint density at radius 2 is 1.86 bits per heavy atom. The zero-order chi connectivity index (χ0) is 20.9. The fraction of sp³-hybridized carbons (Fsp3) is 0.778. The molecule has 0 radical (unpaired) electrons. The smallest absolute Gasteiger partial charge is 0.410 e. The highest BCUT2D eigenvalue weighted by molar-refractivity contribution is 8.35. The largest absolute Gasteiger partial charge is 0.591 e. The van der Waals surface area contributed by atoms with Crippen molar-refractivity contribution in [1.82, 2.24) is 4.90 Å². The van der Waals surface area contributed by atoms with E-state index >= 15 is 0 Å². The lowest BCUT2D eigenvalue weighted by Gasteiger charge is -2.39. The van der Waals surface area contributed by atoms with Gasteiger partial charge in [0, 0.05) is 35.4 Å². The summed E-state index contributed by atoms with van der Waals surface area (Å²) in [6, 6.07) is 0. The Kier molecular flexibility index (Phi) is 5.86. The fourth-order valence-corrected chi connectivity index (χ4v) is 5.49. The number of ether oxygens (including phenoxy) is 1. The molecule has 0 aromatic heterocycles. The van der Waals surface area contributed by atoms with Crippen LogP contribution in [-0.2, 0) is 16.1 Å². The van der Waals surface area contributed by atoms with E-state index in [-0.39, 0.29) is 11.5 Å². The molecular formula is C18H29ClN4O3S2. The zero-order valence-corrected chi connectivity index (χ0v) is 19.7. The highest BCUT2D eigenvalue weighted by Crippen LogP contribution is 2.50. The quantitative estimate of drug-likeness (QED) is 0.481. The molecule has 158 valence electrons. The normalized spacial score (nSPS) is 28.2. The summed E-state index contributed by atoms with van der Waals surface area (Å²) in [6.45, 7) is 12.4. The highest BCUT2D eigenvalue weighted by atomic mass is 35.7. The number of rotatable bonds is 1. The maximum Gasteiger partial charge on any atom is 0.410 e. The molecule has 1 unspecified atom stereocenters. The lowest BCUT2D eigenvalue weighted by atomic mass is 9.75. The van der Waals surface area contributed by atoms with E-state index in [1.807, 2.05) is 41.5 Å². The second kappa shape index (κ2) is 7.49. The molecule has 0 aromatic carbocycles. The molecule has 0 bridgehead atoms. The first kappa shape index (κ1) is 21.9. The van der Waals surface area contributed by atoms with Crippen LogP contribution in [0, 0.1) is 5.41 Å². The van der Waals surface area contributed by atoms with Crippen LogP contribution in [0.25, 0.3) is 0 Å². The van der Waals surface area contributed by atoms with Crippen molar-refractivity contribution in [2.24, 2.45) is 18.6 Å². The number of thiol groups is 1. The molecular weight excluding hydrogens is 420 g/mol. The first-order valence-corrected chi connectivity index (χ1v) is 12.7. The molecule has 10 heteroatoms. The van der Waals surface area contributed by atoms with Crippen LogP contribution >= 0.6 is 21.2 Å². The maximum atomic E-state index is 12.8. The van der Waals surface area contributed by atoms with Gasteiger partial charge in [0.25, 0.3) is 0 Å². The van der Waals surface area contributed by atoms with Crippen molar-refractivity contribution in [2.75, 3.05) is 13.1 Å². The molecule has 2 aliphatic heterocycles. The summed E-state index contributed by atoms with van der Waals surface area (Å²) < 4.78 is 31.4. The minimum absolute atomic E-state index is 0.287. The Morgan fingerprint density at radius 3 is 2.39 bits per heavy atom. The van der Waals surface area contributed by atoms with Gasteiger partial charge in [0.1, 0.15) is 33.1 Å². The minimum atomic E-state index is -1.40. The van der Waals surface area contributed by atoms with Crippen LogP contribution in [-0.4, -0.2) is 56.1 Å². The Hall–Kier alpha value is -0.770. The summed E-state index contributed by atoms with van der Waals surface area (Å²) in [4.78, 5) is 14.1. The third kappa shape index (κ3) is 4.52. The molecule has 1 amide bonds. The third-order valence-corrected chi connectivity index (χ3v) is 7.58. The Morgan fingerprint density at radius 1 is 1.25 bits per heavy atom. The molecule has 1 saturated carbocycles. The lowest BCUT2D eigenvalue weighted by molar-refractivity contribution is 0.0162. The van der Waals surface area contributed by atoms with E-state index in [0.29, 0.717) is 32.4 Å². The van der Waals surface area contributed by atoms with Crippen LogP contribution in [0.15, 0.2) is 13.2 Å². The van der Waals surface area contributed by atoms with Gasteiger partial charge in [-0.05, 0) is 65.1 Å². The van der Waals surface area contributed by atoms with Gasteiger partial charge >= 0.3 is 6.09 Å². The summed E-state index contributed by atoms with van der Waals surface area (Å²) in [6.07, 6.45) is 1.82. The van der Waals surface area contributed by atoms with Crippen molar-refractivity contribution >= 4 is 55.8 Å². The Labute approximate surface area is 177 Å². The molecule has 3 aliphatic rings. The minimum Gasteiger partial charge on any atom is -0.591 e. The number of piperidine rings is 1. The number of halogens is 1. The van der Waals surface area contributed by atoms with Crippen molar-refractivity contribution in [2.45, 2.75) is 71.2 Å². The highest BCUT2D eigenvalue weighted by Gasteiger charge is 2.53. The van der Waals surface area contributed by atoms with Gasteiger partial charge in [-0.15, -0.1) is 0 Å². The van der Waals surface area contributed by atoms with Crippen LogP contribution < -0.4 is 0 Å². The SMILES string of the molecule is CC(C)(C)OC(=O)N1CCC2(CC1)CC1=N[SH](Cl)N=C1/C2=N\[S@+]([O-])C(C)(C)C. The molecule has 0 aromatic rings. The predicted octanol–water partition coefficient (Wildman–Crippen LogP) is 4.19. The summed E-state index contributed by atoms with van der Waals surface area (Å²) in [7, 11) is 4.88. The standard InChI is InChI=1S/C18H29ClN4O3S2/c1-16(2,3)26-15(24)23-9-7-18(8-10-23)11-12-13(21-28(19)20-12)14(18)22-27(25)17(4,5)6/h28H,7-11H2,1-6H3/b22-14+/t27-/m1/s1. The topological polar surface area (TPSA) is 89.7 Å². The van der Waals surface area contributed by atoms with E-state index in [9.17, 15) is 9.35 Å². The molecule has 7 nitrogen and oxygen atoms in total. The second-order valence-electron chi connectivity index (χ2n) is 9.46.